The molecular formula is C32H40N2O4. The van der Waals surface area contributed by atoms with E-state index in [9.17, 15) is 9.59 Å². The Balaban J connectivity index is 0.00000110. The third-order valence-electron chi connectivity index (χ3n) is 5.90. The molecule has 6 heteroatoms. The number of benzene rings is 2. The normalized spacial score (nSPS) is 11.5. The Morgan fingerprint density at radius 2 is 1.82 bits per heavy atom. The topological polar surface area (TPSA) is 81.4 Å². The summed E-state index contributed by atoms with van der Waals surface area (Å²) in [6, 6.07) is 16.0. The molecule has 6 nitrogen and oxygen atoms in total. The van der Waals surface area contributed by atoms with Crippen LogP contribution in [0.3, 0.4) is 0 Å². The number of nitrogens with zero attached hydrogens (tertiary/aromatic N) is 2. The molecule has 0 aliphatic heterocycles. The summed E-state index contributed by atoms with van der Waals surface area (Å²) < 4.78 is 7.54. The number of carbonyl (C=O) groups is 2. The highest BCUT2D eigenvalue weighted by atomic mass is 16.5. The van der Waals surface area contributed by atoms with Gasteiger partial charge < -0.3 is 14.4 Å². The minimum absolute atomic E-state index is 0.0901. The average Bonchev–Trinajstić information content (AvgIpc) is 3.29. The lowest BCUT2D eigenvalue weighted by atomic mass is 10.1. The second-order valence-corrected chi connectivity index (χ2v) is 8.65. The van der Waals surface area contributed by atoms with Gasteiger partial charge in [-0.25, -0.2) is 9.78 Å². The van der Waals surface area contributed by atoms with Crippen LogP contribution in [0, 0.1) is 12.8 Å². The van der Waals surface area contributed by atoms with E-state index in [0.717, 1.165) is 53.8 Å². The standard InChI is InChI=1S/C26H30N2O4.C4H8.C2H2/c1-4-18(2)24(29)16-25-27-22-12-5-6-13-23(22)28(25)14-8-11-20-9-7-10-21(15-20)17-32-19(3)26(30)31;1-3-4-2;1-2/h4-7,9-10,12-13,15,19H,8,11,14,16-17H2,1-3H3,(H,30,31);3H,1,4H2,2H3;1-2H/b18-4+;;/t19-;;/m0../s1. The van der Waals surface area contributed by atoms with Gasteiger partial charge in [-0.3, -0.25) is 4.79 Å². The van der Waals surface area contributed by atoms with Crippen molar-refractivity contribution in [2.45, 2.75) is 72.6 Å². The van der Waals surface area contributed by atoms with Gasteiger partial charge in [-0.05, 0) is 68.9 Å². The number of allylic oxidation sites excluding steroid dienone is 3. The first-order chi connectivity index (χ1) is 18.3. The quantitative estimate of drug-likeness (QED) is 0.167. The van der Waals surface area contributed by atoms with E-state index in [-0.39, 0.29) is 12.4 Å². The molecule has 2 aromatic carbocycles. The number of aliphatic carboxylic acids is 1. The van der Waals surface area contributed by atoms with Crippen molar-refractivity contribution in [3.05, 3.63) is 89.8 Å². The van der Waals surface area contributed by atoms with Gasteiger partial charge in [-0.2, -0.15) is 0 Å². The SMILES string of the molecule is C#C.C/C=C(\C)C(=O)Cc1nc2ccccc2n1CCCc1cccc(CO[C@@H](C)C(=O)O)c1.C=CCC. The van der Waals surface area contributed by atoms with Crippen LogP contribution in [0.2, 0.25) is 0 Å². The number of carboxylic acid groups (broad SMARTS) is 1. The van der Waals surface area contributed by atoms with Crippen molar-refractivity contribution in [1.82, 2.24) is 9.55 Å². The second-order valence-electron chi connectivity index (χ2n) is 8.65. The van der Waals surface area contributed by atoms with Crippen LogP contribution in [-0.2, 0) is 40.3 Å². The van der Waals surface area contributed by atoms with Crippen LogP contribution in [0.1, 0.15) is 57.5 Å². The van der Waals surface area contributed by atoms with E-state index in [1.165, 1.54) is 12.5 Å². The molecule has 3 aromatic rings. The smallest absolute Gasteiger partial charge is 0.332 e. The summed E-state index contributed by atoms with van der Waals surface area (Å²) in [5.74, 6) is -0.0813. The van der Waals surface area contributed by atoms with E-state index in [4.69, 9.17) is 14.8 Å². The summed E-state index contributed by atoms with van der Waals surface area (Å²) >= 11 is 0. The van der Waals surface area contributed by atoms with Crippen molar-refractivity contribution < 1.29 is 19.4 Å². The molecular weight excluding hydrogens is 476 g/mol. The van der Waals surface area contributed by atoms with Crippen molar-refractivity contribution in [2.24, 2.45) is 0 Å². The fourth-order valence-electron chi connectivity index (χ4n) is 3.56. The summed E-state index contributed by atoms with van der Waals surface area (Å²) in [5.41, 5.74) is 4.82. The van der Waals surface area contributed by atoms with Gasteiger partial charge in [0.2, 0.25) is 0 Å². The summed E-state index contributed by atoms with van der Waals surface area (Å²) in [6.07, 6.45) is 14.0. The summed E-state index contributed by atoms with van der Waals surface area (Å²) in [4.78, 5) is 28.1. The Kier molecular flexibility index (Phi) is 14.8. The maximum absolute atomic E-state index is 12.5. The largest absolute Gasteiger partial charge is 0.479 e. The van der Waals surface area contributed by atoms with Crippen LogP contribution in [0.5, 0.6) is 0 Å². The van der Waals surface area contributed by atoms with Crippen molar-refractivity contribution in [3.63, 3.8) is 0 Å². The molecule has 1 heterocycles. The Morgan fingerprint density at radius 3 is 2.45 bits per heavy atom. The number of fused-ring (bicyclic) bond motifs is 1. The van der Waals surface area contributed by atoms with E-state index in [1.54, 1.807) is 0 Å². The molecule has 0 saturated heterocycles. The average molecular weight is 517 g/mol. The van der Waals surface area contributed by atoms with E-state index < -0.39 is 12.1 Å². The molecule has 0 radical (unpaired) electrons. The number of ether oxygens (including phenoxy) is 1. The van der Waals surface area contributed by atoms with Crippen LogP contribution in [0.4, 0.5) is 0 Å². The predicted molar refractivity (Wildman–Crippen MR) is 155 cm³/mol. The molecule has 0 bridgehead atoms. The van der Waals surface area contributed by atoms with Gasteiger partial charge in [0.15, 0.2) is 11.9 Å². The Morgan fingerprint density at radius 1 is 1.16 bits per heavy atom. The number of carboxylic acids is 1. The molecule has 38 heavy (non-hydrogen) atoms. The summed E-state index contributed by atoms with van der Waals surface area (Å²) in [7, 11) is 0. The molecule has 0 spiro atoms. The first-order valence-electron chi connectivity index (χ1n) is 12.8. The number of rotatable bonds is 12. The van der Waals surface area contributed by atoms with E-state index in [2.05, 4.69) is 43.0 Å². The number of imidazole rings is 1. The Labute approximate surface area is 227 Å². The lowest BCUT2D eigenvalue weighted by Gasteiger charge is -2.11. The Hall–Kier alpha value is -3.95. The zero-order chi connectivity index (χ0) is 28.5. The van der Waals surface area contributed by atoms with Crippen molar-refractivity contribution >= 4 is 22.8 Å². The maximum atomic E-state index is 12.5. The van der Waals surface area contributed by atoms with E-state index in [1.807, 2.05) is 62.4 Å². The lowest BCUT2D eigenvalue weighted by Crippen LogP contribution is -2.19. The highest BCUT2D eigenvalue weighted by molar-refractivity contribution is 5.96. The van der Waals surface area contributed by atoms with Crippen LogP contribution >= 0.6 is 0 Å². The molecule has 202 valence electrons. The number of para-hydroxylation sites is 2. The van der Waals surface area contributed by atoms with Gasteiger partial charge >= 0.3 is 5.97 Å². The number of hydrogen-bond donors (Lipinski definition) is 1. The fraction of sp³-hybridized carbons (Fsp3) is 0.344. The number of aromatic nitrogens is 2. The molecule has 0 aliphatic carbocycles. The molecule has 1 atom stereocenters. The molecule has 0 saturated carbocycles. The van der Waals surface area contributed by atoms with Gasteiger partial charge in [0.25, 0.3) is 0 Å². The van der Waals surface area contributed by atoms with Gasteiger partial charge in [-0.1, -0.05) is 55.5 Å². The Bertz CT molecular complexity index is 1240. The number of carbonyl (C=O) groups excluding carboxylic acids is 1. The lowest BCUT2D eigenvalue weighted by molar-refractivity contribution is -0.149. The molecule has 0 fully saturated rings. The van der Waals surface area contributed by atoms with E-state index in [0.29, 0.717) is 6.42 Å². The van der Waals surface area contributed by atoms with Crippen molar-refractivity contribution in [1.29, 1.82) is 0 Å². The fourth-order valence-corrected chi connectivity index (χ4v) is 3.56. The highest BCUT2D eigenvalue weighted by Crippen LogP contribution is 2.19. The van der Waals surface area contributed by atoms with Gasteiger partial charge in [0, 0.05) is 6.54 Å². The first-order valence-corrected chi connectivity index (χ1v) is 12.8. The van der Waals surface area contributed by atoms with Crippen LogP contribution in [0.15, 0.2) is 72.8 Å². The molecule has 1 N–H and O–H groups in total. The number of ketones is 1. The van der Waals surface area contributed by atoms with Crippen LogP contribution in [0.25, 0.3) is 11.0 Å². The minimum atomic E-state index is -0.965. The molecule has 0 unspecified atom stereocenters. The molecule has 0 amide bonds. The van der Waals surface area contributed by atoms with Gasteiger partial charge in [0.05, 0.1) is 24.1 Å². The van der Waals surface area contributed by atoms with Crippen LogP contribution in [-0.4, -0.2) is 32.5 Å². The van der Waals surface area contributed by atoms with Crippen molar-refractivity contribution in [2.75, 3.05) is 0 Å². The third kappa shape index (κ3) is 10.2. The monoisotopic (exact) mass is 516 g/mol. The molecule has 0 aliphatic rings. The zero-order valence-corrected chi connectivity index (χ0v) is 23.0. The van der Waals surface area contributed by atoms with E-state index >= 15 is 0 Å². The van der Waals surface area contributed by atoms with Gasteiger partial charge in [-0.15, -0.1) is 19.4 Å². The predicted octanol–water partition coefficient (Wildman–Crippen LogP) is 6.57. The second kappa shape index (κ2) is 17.5. The number of terminal acetylenes is 1. The summed E-state index contributed by atoms with van der Waals surface area (Å²) in [5, 5.41) is 8.96. The van der Waals surface area contributed by atoms with Crippen LogP contribution < -0.4 is 0 Å². The minimum Gasteiger partial charge on any atom is -0.479 e. The third-order valence-corrected chi connectivity index (χ3v) is 5.90. The number of aryl methyl sites for hydroxylation is 2. The maximum Gasteiger partial charge on any atom is 0.332 e. The van der Waals surface area contributed by atoms with Gasteiger partial charge in [0.1, 0.15) is 5.82 Å². The number of hydrogen-bond acceptors (Lipinski definition) is 4. The highest BCUT2D eigenvalue weighted by Gasteiger charge is 2.15. The summed E-state index contributed by atoms with van der Waals surface area (Å²) in [6.45, 7) is 11.8. The van der Waals surface area contributed by atoms with Crippen molar-refractivity contribution in [3.8, 4) is 12.8 Å². The molecule has 3 rings (SSSR count). The molecule has 1 aromatic heterocycles. The number of Topliss-reactive ketones (excluding diaryl/α,β-unsaturated/α-hetero) is 1. The zero-order valence-electron chi connectivity index (χ0n) is 23.0. The first kappa shape index (κ1) is 32.1.